The molecule has 0 saturated heterocycles. The molecule has 1 aromatic heterocycles. The fraction of sp³-hybridized carbons (Fsp3) is 0.167. The van der Waals surface area contributed by atoms with Crippen molar-refractivity contribution >= 4 is 17.4 Å². The van der Waals surface area contributed by atoms with Gasteiger partial charge in [-0.15, -0.1) is 0 Å². The van der Waals surface area contributed by atoms with E-state index in [1.54, 1.807) is 6.20 Å². The monoisotopic (exact) mass is 324 g/mol. The number of hydrogen-bond acceptors (Lipinski definition) is 3. The summed E-state index contributed by atoms with van der Waals surface area (Å²) >= 11 is 0. The van der Waals surface area contributed by atoms with Gasteiger partial charge < -0.3 is 11.1 Å². The third kappa shape index (κ3) is 3.32. The molecule has 5 nitrogen and oxygen atoms in total. The number of benzene rings is 1. The van der Waals surface area contributed by atoms with Crippen molar-refractivity contribution < 1.29 is 9.18 Å². The van der Waals surface area contributed by atoms with E-state index in [2.05, 4.69) is 15.3 Å². The molecule has 122 valence electrons. The first-order chi connectivity index (χ1) is 11.6. The van der Waals surface area contributed by atoms with Crippen LogP contribution in [0.2, 0.25) is 0 Å². The number of amidine groups is 1. The lowest BCUT2D eigenvalue weighted by Crippen LogP contribution is -2.23. The summed E-state index contributed by atoms with van der Waals surface area (Å²) in [6, 6.07) is 11.0. The number of amides is 1. The third-order valence-electron chi connectivity index (χ3n) is 3.96. The van der Waals surface area contributed by atoms with Gasteiger partial charge in [-0.2, -0.15) is 4.99 Å². The van der Waals surface area contributed by atoms with Gasteiger partial charge in [0.1, 0.15) is 11.7 Å². The van der Waals surface area contributed by atoms with Crippen molar-refractivity contribution in [3.05, 3.63) is 72.4 Å². The van der Waals surface area contributed by atoms with Crippen molar-refractivity contribution in [3.63, 3.8) is 0 Å². The number of nitrogens with zero attached hydrogens (tertiary/aromatic N) is 2. The molecule has 1 fully saturated rings. The van der Waals surface area contributed by atoms with Gasteiger partial charge in [0, 0.05) is 23.6 Å². The highest BCUT2D eigenvalue weighted by Gasteiger charge is 2.52. The smallest absolute Gasteiger partial charge is 0.258 e. The van der Waals surface area contributed by atoms with Gasteiger partial charge in [0.15, 0.2) is 0 Å². The minimum absolute atomic E-state index is 0.0733. The highest BCUT2D eigenvalue weighted by Crippen LogP contribution is 2.49. The number of halogens is 1. The molecule has 24 heavy (non-hydrogen) atoms. The molecule has 1 aliphatic rings. The second-order valence-corrected chi connectivity index (χ2v) is 5.62. The van der Waals surface area contributed by atoms with E-state index in [1.807, 2.05) is 30.3 Å². The molecule has 1 aliphatic carbocycles. The molecular weight excluding hydrogens is 307 g/mol. The average Bonchev–Trinajstić information content (AvgIpc) is 3.38. The number of aromatic nitrogens is 1. The lowest BCUT2D eigenvalue weighted by atomic mass is 9.96. The minimum Gasteiger partial charge on any atom is -0.384 e. The van der Waals surface area contributed by atoms with Crippen LogP contribution in [-0.2, 0) is 10.2 Å². The van der Waals surface area contributed by atoms with Gasteiger partial charge in [-0.1, -0.05) is 18.2 Å². The number of carbonyl (C=O) groups is 1. The predicted octanol–water partition coefficient (Wildman–Crippen LogP) is 2.76. The third-order valence-corrected chi connectivity index (χ3v) is 3.96. The molecule has 0 bridgehead atoms. The Labute approximate surface area is 139 Å². The van der Waals surface area contributed by atoms with Crippen LogP contribution >= 0.6 is 0 Å². The van der Waals surface area contributed by atoms with Gasteiger partial charge in [0.05, 0.1) is 11.6 Å². The van der Waals surface area contributed by atoms with Crippen LogP contribution < -0.4 is 11.1 Å². The maximum absolute atomic E-state index is 13.9. The van der Waals surface area contributed by atoms with Crippen LogP contribution in [0.25, 0.3) is 0 Å². The van der Waals surface area contributed by atoms with Crippen LogP contribution in [0.5, 0.6) is 0 Å². The number of aliphatic imine (C=N–C) groups is 1. The van der Waals surface area contributed by atoms with E-state index >= 15 is 0 Å². The second kappa shape index (κ2) is 6.62. The molecule has 3 rings (SSSR count). The Morgan fingerprint density at radius 2 is 2.04 bits per heavy atom. The molecule has 1 heterocycles. The molecule has 0 unspecified atom stereocenters. The van der Waals surface area contributed by atoms with E-state index < -0.39 is 17.1 Å². The summed E-state index contributed by atoms with van der Waals surface area (Å²) in [6.07, 6.45) is 6.82. The van der Waals surface area contributed by atoms with Gasteiger partial charge in [0.2, 0.25) is 0 Å². The molecule has 6 heteroatoms. The number of anilines is 1. The van der Waals surface area contributed by atoms with Crippen LogP contribution in [0.3, 0.4) is 0 Å². The molecule has 0 aliphatic heterocycles. The van der Waals surface area contributed by atoms with Crippen molar-refractivity contribution in [2.75, 3.05) is 5.32 Å². The summed E-state index contributed by atoms with van der Waals surface area (Å²) in [4.78, 5) is 20.0. The fourth-order valence-corrected chi connectivity index (χ4v) is 2.51. The molecule has 2 aromatic rings. The maximum Gasteiger partial charge on any atom is 0.258 e. The Hall–Kier alpha value is -3.02. The van der Waals surface area contributed by atoms with Crippen molar-refractivity contribution in [2.45, 2.75) is 18.3 Å². The summed E-state index contributed by atoms with van der Waals surface area (Å²) in [7, 11) is 0. The van der Waals surface area contributed by atoms with Gasteiger partial charge in [-0.25, -0.2) is 4.39 Å². The number of rotatable bonds is 5. The summed E-state index contributed by atoms with van der Waals surface area (Å²) in [5, 5.41) is 3.02. The van der Waals surface area contributed by atoms with E-state index in [0.717, 1.165) is 11.9 Å². The van der Waals surface area contributed by atoms with E-state index in [0.29, 0.717) is 18.4 Å². The van der Waals surface area contributed by atoms with Crippen LogP contribution in [0.15, 0.2) is 66.1 Å². The molecule has 1 saturated carbocycles. The number of nitrogens with one attached hydrogen (secondary N) is 1. The maximum atomic E-state index is 13.9. The molecule has 3 N–H and O–H groups in total. The Morgan fingerprint density at radius 3 is 2.71 bits per heavy atom. The van der Waals surface area contributed by atoms with E-state index in [9.17, 15) is 9.18 Å². The number of pyridine rings is 1. The first kappa shape index (κ1) is 15.9. The van der Waals surface area contributed by atoms with Crippen molar-refractivity contribution in [3.8, 4) is 0 Å². The lowest BCUT2D eigenvalue weighted by molar-refractivity contribution is -0.120. The number of para-hydroxylation sites is 1. The first-order valence-electron chi connectivity index (χ1n) is 7.58. The van der Waals surface area contributed by atoms with E-state index in [1.165, 1.54) is 18.3 Å². The Morgan fingerprint density at radius 1 is 1.29 bits per heavy atom. The second-order valence-electron chi connectivity index (χ2n) is 5.62. The Bertz CT molecular complexity index is 798. The van der Waals surface area contributed by atoms with E-state index in [4.69, 9.17) is 5.73 Å². The van der Waals surface area contributed by atoms with Crippen LogP contribution in [0, 0.1) is 5.82 Å². The summed E-state index contributed by atoms with van der Waals surface area (Å²) in [5.74, 6) is -0.836. The predicted molar refractivity (Wildman–Crippen MR) is 90.9 cm³/mol. The zero-order valence-corrected chi connectivity index (χ0v) is 12.9. The SMILES string of the molecule is NC(/C=C\Nc1ccccc1)=NC(=O)C1(c2ccncc2F)CC1. The van der Waals surface area contributed by atoms with Crippen molar-refractivity contribution in [1.82, 2.24) is 4.98 Å². The zero-order chi connectivity index (χ0) is 17.0. The minimum atomic E-state index is -0.891. The largest absolute Gasteiger partial charge is 0.384 e. The lowest BCUT2D eigenvalue weighted by Gasteiger charge is -2.11. The van der Waals surface area contributed by atoms with E-state index in [-0.39, 0.29) is 5.84 Å². The molecule has 0 atom stereocenters. The van der Waals surface area contributed by atoms with Gasteiger partial charge in [-0.05, 0) is 37.1 Å². The molecule has 1 amide bonds. The highest BCUT2D eigenvalue weighted by atomic mass is 19.1. The molecular formula is C18H17FN4O. The topological polar surface area (TPSA) is 80.4 Å². The molecule has 0 radical (unpaired) electrons. The van der Waals surface area contributed by atoms with Crippen molar-refractivity contribution in [1.29, 1.82) is 0 Å². The quantitative estimate of drug-likeness (QED) is 0.654. The zero-order valence-electron chi connectivity index (χ0n) is 12.9. The number of carbonyl (C=O) groups excluding carboxylic acids is 1. The average molecular weight is 324 g/mol. The summed E-state index contributed by atoms with van der Waals surface area (Å²) in [6.45, 7) is 0. The Balaban J connectivity index is 1.69. The number of nitrogens with two attached hydrogens (primary N) is 1. The van der Waals surface area contributed by atoms with Gasteiger partial charge in [-0.3, -0.25) is 9.78 Å². The van der Waals surface area contributed by atoms with Crippen LogP contribution in [0.4, 0.5) is 10.1 Å². The summed E-state index contributed by atoms with van der Waals surface area (Å²) in [5.41, 5.74) is 6.12. The summed E-state index contributed by atoms with van der Waals surface area (Å²) < 4.78 is 13.9. The van der Waals surface area contributed by atoms with Crippen LogP contribution in [-0.4, -0.2) is 16.7 Å². The van der Waals surface area contributed by atoms with Crippen molar-refractivity contribution in [2.24, 2.45) is 10.7 Å². The highest BCUT2D eigenvalue weighted by molar-refractivity contribution is 6.04. The Kier molecular flexibility index (Phi) is 4.37. The fourth-order valence-electron chi connectivity index (χ4n) is 2.51. The number of hydrogen-bond donors (Lipinski definition) is 2. The standard InChI is InChI=1S/C18H17FN4O/c19-15-12-21-10-6-14(15)18(8-9-18)17(24)23-16(20)7-11-22-13-4-2-1-3-5-13/h1-7,10-12,22H,8-9H2,(H2,20,23,24)/b11-7-. The normalized spacial score (nSPS) is 16.1. The van der Waals surface area contributed by atoms with Gasteiger partial charge >= 0.3 is 0 Å². The molecule has 1 aromatic carbocycles. The molecule has 0 spiro atoms. The first-order valence-corrected chi connectivity index (χ1v) is 7.58. The van der Waals surface area contributed by atoms with Gasteiger partial charge in [0.25, 0.3) is 5.91 Å². The van der Waals surface area contributed by atoms with Crippen LogP contribution in [0.1, 0.15) is 18.4 Å².